The van der Waals surface area contributed by atoms with E-state index in [0.717, 1.165) is 42.5 Å². The maximum absolute atomic E-state index is 12.0. The lowest BCUT2D eigenvalue weighted by molar-refractivity contribution is -0.149. The summed E-state index contributed by atoms with van der Waals surface area (Å²) in [6.07, 6.45) is 3.59. The lowest BCUT2D eigenvalue weighted by atomic mass is 9.77. The summed E-state index contributed by atoms with van der Waals surface area (Å²) in [4.78, 5) is 12.0. The monoisotopic (exact) mass is 376 g/mol. The van der Waals surface area contributed by atoms with E-state index in [1.807, 2.05) is 13.8 Å². The number of aryl methyl sites for hydroxylation is 1. The number of ether oxygens (including phenoxy) is 1. The van der Waals surface area contributed by atoms with Crippen molar-refractivity contribution in [2.75, 3.05) is 6.61 Å². The molecule has 0 amide bonds. The Kier molecular flexibility index (Phi) is 5.47. The van der Waals surface area contributed by atoms with Crippen molar-refractivity contribution in [2.45, 2.75) is 91.4 Å². The van der Waals surface area contributed by atoms with Gasteiger partial charge in [-0.2, -0.15) is 5.10 Å². The van der Waals surface area contributed by atoms with Crippen LogP contribution in [0.5, 0.6) is 0 Å². The van der Waals surface area contributed by atoms with Crippen molar-refractivity contribution in [3.63, 3.8) is 0 Å². The van der Waals surface area contributed by atoms with Gasteiger partial charge in [0.2, 0.25) is 0 Å². The van der Waals surface area contributed by atoms with Crippen molar-refractivity contribution in [3.8, 4) is 0 Å². The van der Waals surface area contributed by atoms with Crippen molar-refractivity contribution in [1.29, 1.82) is 0 Å². The maximum atomic E-state index is 12.0. The zero-order valence-corrected chi connectivity index (χ0v) is 17.8. The molecule has 1 saturated heterocycles. The van der Waals surface area contributed by atoms with Crippen LogP contribution in [-0.2, 0) is 18.8 Å². The summed E-state index contributed by atoms with van der Waals surface area (Å²) in [7, 11) is -0.389. The van der Waals surface area contributed by atoms with Crippen molar-refractivity contribution in [1.82, 2.24) is 9.78 Å². The van der Waals surface area contributed by atoms with Crippen LogP contribution in [0.25, 0.3) is 0 Å². The van der Waals surface area contributed by atoms with Gasteiger partial charge in [0.05, 0.1) is 35.5 Å². The fraction of sp³-hybridized carbons (Fsp3) is 0.800. The van der Waals surface area contributed by atoms with Gasteiger partial charge in [-0.05, 0) is 74.1 Å². The highest BCUT2D eigenvalue weighted by Gasteiger charge is 2.53. The molecule has 0 aromatic carbocycles. The van der Waals surface area contributed by atoms with E-state index in [1.165, 1.54) is 0 Å². The highest BCUT2D eigenvalue weighted by atomic mass is 16.7. The number of carbonyl (C=O) groups is 1. The fourth-order valence-corrected chi connectivity index (χ4v) is 4.15. The second-order valence-electron chi connectivity index (χ2n) is 8.87. The first kappa shape index (κ1) is 20.4. The minimum absolute atomic E-state index is 0.0285. The number of carbonyl (C=O) groups excluding carboxylic acids is 1. The van der Waals surface area contributed by atoms with Gasteiger partial charge in [-0.3, -0.25) is 9.48 Å². The van der Waals surface area contributed by atoms with Gasteiger partial charge >= 0.3 is 13.1 Å². The molecule has 2 heterocycles. The molecule has 1 aromatic rings. The summed E-state index contributed by atoms with van der Waals surface area (Å²) in [5.74, 6) is -0.0250. The third-order valence-corrected chi connectivity index (χ3v) is 6.53. The van der Waals surface area contributed by atoms with Crippen LogP contribution in [0.15, 0.2) is 0 Å². The van der Waals surface area contributed by atoms with Crippen molar-refractivity contribution >= 4 is 18.6 Å². The van der Waals surface area contributed by atoms with Gasteiger partial charge in [-0.1, -0.05) is 0 Å². The molecule has 3 rings (SSSR count). The number of nitrogens with zero attached hydrogens (tertiary/aromatic N) is 2. The zero-order chi connectivity index (χ0) is 20.0. The lowest BCUT2D eigenvalue weighted by Crippen LogP contribution is -2.41. The Balaban J connectivity index is 1.75. The molecule has 6 nitrogen and oxygen atoms in total. The number of esters is 1. The second kappa shape index (κ2) is 7.24. The van der Waals surface area contributed by atoms with E-state index in [9.17, 15) is 4.79 Å². The summed E-state index contributed by atoms with van der Waals surface area (Å²) in [6, 6.07) is 0.311. The molecule has 0 spiro atoms. The standard InChI is InChI=1S/C20H33BN2O4/c1-8-25-18(24)15-9-11-16(12-10-15)23-14(3)17(13(2)22-23)21-26-19(4,5)20(6,7)27-21/h15-16H,8-12H2,1-7H3. The molecule has 2 fully saturated rings. The predicted octanol–water partition coefficient (Wildman–Crippen LogP) is 3.09. The van der Waals surface area contributed by atoms with E-state index in [2.05, 4.69) is 39.3 Å². The molecular formula is C20H33BN2O4. The minimum atomic E-state index is -0.389. The fourth-order valence-electron chi connectivity index (χ4n) is 4.15. The molecule has 1 aromatic heterocycles. The summed E-state index contributed by atoms with van der Waals surface area (Å²) >= 11 is 0. The Morgan fingerprint density at radius 2 is 1.70 bits per heavy atom. The SMILES string of the molecule is CCOC(=O)C1CCC(n2nc(C)c(B3OC(C)(C)C(C)(C)O3)c2C)CC1. The van der Waals surface area contributed by atoms with Gasteiger partial charge in [-0.15, -0.1) is 0 Å². The van der Waals surface area contributed by atoms with Crippen LogP contribution in [-0.4, -0.2) is 40.7 Å². The number of hydrogen-bond donors (Lipinski definition) is 0. The Hall–Kier alpha value is -1.34. The summed E-state index contributed by atoms with van der Waals surface area (Å²) in [5.41, 5.74) is 2.37. The molecule has 1 aliphatic carbocycles. The van der Waals surface area contributed by atoms with Crippen LogP contribution in [0.3, 0.4) is 0 Å². The normalized spacial score (nSPS) is 27.0. The van der Waals surface area contributed by atoms with E-state index in [-0.39, 0.29) is 30.2 Å². The van der Waals surface area contributed by atoms with Gasteiger partial charge in [-0.25, -0.2) is 0 Å². The molecule has 7 heteroatoms. The van der Waals surface area contributed by atoms with Crippen LogP contribution >= 0.6 is 0 Å². The molecule has 1 aliphatic heterocycles. The van der Waals surface area contributed by atoms with Gasteiger partial charge in [0.15, 0.2) is 0 Å². The Morgan fingerprint density at radius 1 is 1.15 bits per heavy atom. The molecule has 0 atom stereocenters. The molecule has 2 aliphatic rings. The van der Waals surface area contributed by atoms with Crippen molar-refractivity contribution in [3.05, 3.63) is 11.4 Å². The largest absolute Gasteiger partial charge is 0.498 e. The van der Waals surface area contributed by atoms with Gasteiger partial charge in [0.25, 0.3) is 0 Å². The highest BCUT2D eigenvalue weighted by Crippen LogP contribution is 2.38. The van der Waals surface area contributed by atoms with Crippen LogP contribution < -0.4 is 5.46 Å². The van der Waals surface area contributed by atoms with Crippen molar-refractivity contribution < 1.29 is 18.8 Å². The summed E-state index contributed by atoms with van der Waals surface area (Å²) < 4.78 is 19.8. The quantitative estimate of drug-likeness (QED) is 0.597. The molecule has 150 valence electrons. The third kappa shape index (κ3) is 3.68. The summed E-state index contributed by atoms with van der Waals surface area (Å²) in [5, 5.41) is 4.82. The highest BCUT2D eigenvalue weighted by molar-refractivity contribution is 6.63. The molecule has 0 bridgehead atoms. The minimum Gasteiger partial charge on any atom is -0.466 e. The van der Waals surface area contributed by atoms with Crippen LogP contribution in [0.4, 0.5) is 0 Å². The van der Waals surface area contributed by atoms with Gasteiger partial charge < -0.3 is 14.0 Å². The molecule has 0 radical (unpaired) electrons. The number of hydrogen-bond acceptors (Lipinski definition) is 5. The number of rotatable bonds is 4. The van der Waals surface area contributed by atoms with E-state index < -0.39 is 0 Å². The van der Waals surface area contributed by atoms with E-state index in [4.69, 9.17) is 19.1 Å². The Bertz CT molecular complexity index is 689. The summed E-state index contributed by atoms with van der Waals surface area (Å²) in [6.45, 7) is 14.7. The smallest absolute Gasteiger partial charge is 0.466 e. The Morgan fingerprint density at radius 3 is 2.22 bits per heavy atom. The van der Waals surface area contributed by atoms with Crippen molar-refractivity contribution in [2.24, 2.45) is 5.92 Å². The first-order chi connectivity index (χ1) is 12.6. The average Bonchev–Trinajstić information content (AvgIpc) is 2.99. The van der Waals surface area contributed by atoms with E-state index >= 15 is 0 Å². The third-order valence-electron chi connectivity index (χ3n) is 6.53. The number of aromatic nitrogens is 2. The van der Waals surface area contributed by atoms with Crippen LogP contribution in [0.2, 0.25) is 0 Å². The maximum Gasteiger partial charge on any atom is 0.498 e. The second-order valence-corrected chi connectivity index (χ2v) is 8.87. The van der Waals surface area contributed by atoms with E-state index in [1.54, 1.807) is 0 Å². The molecule has 0 N–H and O–H groups in total. The Labute approximate surface area is 163 Å². The topological polar surface area (TPSA) is 62.6 Å². The van der Waals surface area contributed by atoms with Gasteiger partial charge in [0, 0.05) is 11.2 Å². The van der Waals surface area contributed by atoms with Crippen LogP contribution in [0, 0.1) is 19.8 Å². The lowest BCUT2D eigenvalue weighted by Gasteiger charge is -2.32. The van der Waals surface area contributed by atoms with Gasteiger partial charge in [0.1, 0.15) is 0 Å². The molecule has 1 saturated carbocycles. The first-order valence-corrected chi connectivity index (χ1v) is 10.1. The average molecular weight is 376 g/mol. The molecular weight excluding hydrogens is 343 g/mol. The zero-order valence-electron chi connectivity index (χ0n) is 17.8. The molecule has 0 unspecified atom stereocenters. The molecule has 27 heavy (non-hydrogen) atoms. The van der Waals surface area contributed by atoms with Crippen LogP contribution in [0.1, 0.15) is 77.7 Å². The van der Waals surface area contributed by atoms with E-state index in [0.29, 0.717) is 12.6 Å². The first-order valence-electron chi connectivity index (χ1n) is 10.1. The predicted molar refractivity (Wildman–Crippen MR) is 105 cm³/mol.